The van der Waals surface area contributed by atoms with Gasteiger partial charge in [-0.2, -0.15) is 0 Å². The summed E-state index contributed by atoms with van der Waals surface area (Å²) in [6, 6.07) is 17.4. The van der Waals surface area contributed by atoms with Gasteiger partial charge in [0.15, 0.2) is 5.11 Å². The molecule has 2 unspecified atom stereocenters. The van der Waals surface area contributed by atoms with Crippen molar-refractivity contribution in [2.45, 2.75) is 18.5 Å². The molecule has 30 heavy (non-hydrogen) atoms. The zero-order valence-corrected chi connectivity index (χ0v) is 18.1. The number of nitrogens with one attached hydrogen (secondary N) is 1. The van der Waals surface area contributed by atoms with Gasteiger partial charge in [0, 0.05) is 30.3 Å². The number of phenols is 1. The van der Waals surface area contributed by atoms with Crippen molar-refractivity contribution in [3.63, 3.8) is 0 Å². The van der Waals surface area contributed by atoms with Gasteiger partial charge >= 0.3 is 0 Å². The van der Waals surface area contributed by atoms with Gasteiger partial charge in [0.25, 0.3) is 0 Å². The van der Waals surface area contributed by atoms with E-state index in [0.29, 0.717) is 0 Å². The molecule has 156 valence electrons. The van der Waals surface area contributed by atoms with Crippen molar-refractivity contribution in [3.05, 3.63) is 78.4 Å². The molecule has 0 bridgehead atoms. The Hall–Kier alpha value is -2.90. The Morgan fingerprint density at radius 1 is 1.10 bits per heavy atom. The molecule has 3 aromatic rings. The molecule has 3 heterocycles. The highest BCUT2D eigenvalue weighted by Crippen LogP contribution is 2.39. The quantitative estimate of drug-likeness (QED) is 0.570. The molecule has 2 N–H and O–H groups in total. The number of aromatic nitrogens is 2. The molecule has 2 atom stereocenters. The summed E-state index contributed by atoms with van der Waals surface area (Å²) in [7, 11) is 4.18. The third-order valence-corrected chi connectivity index (χ3v) is 5.77. The molecule has 1 aliphatic rings. The SMILES string of the molecule is CN(C)CCCN1C(=S)NC(c2ccccn2)C1c1cccn1-c1ccc(O)cc1. The van der Waals surface area contributed by atoms with Gasteiger partial charge in [0.1, 0.15) is 5.75 Å². The molecule has 1 aliphatic heterocycles. The van der Waals surface area contributed by atoms with Crippen LogP contribution in [0.15, 0.2) is 67.0 Å². The summed E-state index contributed by atoms with van der Waals surface area (Å²) < 4.78 is 2.16. The summed E-state index contributed by atoms with van der Waals surface area (Å²) >= 11 is 5.76. The van der Waals surface area contributed by atoms with E-state index in [1.165, 1.54) is 0 Å². The Labute approximate surface area is 182 Å². The fraction of sp³-hybridized carbons (Fsp3) is 0.304. The molecular formula is C23H27N5OS. The van der Waals surface area contributed by atoms with Crippen LogP contribution >= 0.6 is 12.2 Å². The van der Waals surface area contributed by atoms with Crippen LogP contribution in [0.2, 0.25) is 0 Å². The van der Waals surface area contributed by atoms with Crippen molar-refractivity contribution in [2.24, 2.45) is 0 Å². The minimum absolute atomic E-state index is 0.0124. The van der Waals surface area contributed by atoms with E-state index in [1.807, 2.05) is 36.5 Å². The number of thiocarbonyl (C=S) groups is 1. The van der Waals surface area contributed by atoms with Crippen LogP contribution < -0.4 is 5.32 Å². The highest BCUT2D eigenvalue weighted by Gasteiger charge is 2.40. The molecule has 1 fully saturated rings. The van der Waals surface area contributed by atoms with E-state index in [1.54, 1.807) is 12.1 Å². The maximum Gasteiger partial charge on any atom is 0.170 e. The molecule has 7 heteroatoms. The maximum atomic E-state index is 9.69. The molecule has 0 radical (unpaired) electrons. The van der Waals surface area contributed by atoms with Gasteiger partial charge in [-0.25, -0.2) is 0 Å². The van der Waals surface area contributed by atoms with Crippen LogP contribution in [-0.4, -0.2) is 56.8 Å². The van der Waals surface area contributed by atoms with Gasteiger partial charge in [-0.15, -0.1) is 0 Å². The Balaban J connectivity index is 1.73. The first-order chi connectivity index (χ1) is 14.5. The standard InChI is InChI=1S/C23H27N5OS/c1-26(2)14-6-16-28-22(21(25-23(28)30)19-7-3-4-13-24-19)20-8-5-15-27(20)17-9-11-18(29)12-10-17/h3-5,7-13,15,21-22,29H,6,14,16H2,1-2H3,(H,25,30). The van der Waals surface area contributed by atoms with E-state index in [4.69, 9.17) is 12.2 Å². The van der Waals surface area contributed by atoms with Gasteiger partial charge < -0.3 is 24.8 Å². The van der Waals surface area contributed by atoms with Gasteiger partial charge in [0.05, 0.1) is 17.8 Å². The van der Waals surface area contributed by atoms with Crippen LogP contribution in [-0.2, 0) is 0 Å². The largest absolute Gasteiger partial charge is 0.508 e. The number of hydrogen-bond donors (Lipinski definition) is 2. The van der Waals surface area contributed by atoms with Crippen LogP contribution in [0.1, 0.15) is 29.9 Å². The molecule has 0 spiro atoms. The predicted molar refractivity (Wildman–Crippen MR) is 123 cm³/mol. The molecule has 1 aromatic carbocycles. The Morgan fingerprint density at radius 2 is 1.90 bits per heavy atom. The van der Waals surface area contributed by atoms with Gasteiger partial charge in [-0.05, 0) is 87.8 Å². The maximum absolute atomic E-state index is 9.69. The summed E-state index contributed by atoms with van der Waals surface area (Å²) in [5, 5.41) is 14.0. The molecule has 2 aromatic heterocycles. The minimum atomic E-state index is -0.0381. The number of nitrogens with zero attached hydrogens (tertiary/aromatic N) is 4. The summed E-state index contributed by atoms with van der Waals surface area (Å²) in [6.07, 6.45) is 4.89. The molecule has 0 saturated carbocycles. The van der Waals surface area contributed by atoms with Crippen LogP contribution in [0.4, 0.5) is 0 Å². The highest BCUT2D eigenvalue weighted by molar-refractivity contribution is 7.80. The molecule has 4 rings (SSSR count). The van der Waals surface area contributed by atoms with E-state index in [9.17, 15) is 5.11 Å². The monoisotopic (exact) mass is 421 g/mol. The predicted octanol–water partition coefficient (Wildman–Crippen LogP) is 3.50. The normalized spacial score (nSPS) is 18.8. The zero-order chi connectivity index (χ0) is 21.1. The number of benzene rings is 1. The Bertz CT molecular complexity index is 986. The Morgan fingerprint density at radius 3 is 2.60 bits per heavy atom. The van der Waals surface area contributed by atoms with Gasteiger partial charge in [-0.1, -0.05) is 6.07 Å². The van der Waals surface area contributed by atoms with Crippen molar-refractivity contribution >= 4 is 17.3 Å². The lowest BCUT2D eigenvalue weighted by atomic mass is 10.0. The topological polar surface area (TPSA) is 56.6 Å². The first-order valence-corrected chi connectivity index (χ1v) is 10.5. The first-order valence-electron chi connectivity index (χ1n) is 10.1. The van der Waals surface area contributed by atoms with E-state index < -0.39 is 0 Å². The third kappa shape index (κ3) is 4.17. The molecular weight excluding hydrogens is 394 g/mol. The van der Waals surface area contributed by atoms with Crippen LogP contribution in [0.3, 0.4) is 0 Å². The summed E-state index contributed by atoms with van der Waals surface area (Å²) in [6.45, 7) is 1.86. The van der Waals surface area contributed by atoms with E-state index in [-0.39, 0.29) is 17.8 Å². The molecule has 6 nitrogen and oxygen atoms in total. The average molecular weight is 422 g/mol. The minimum Gasteiger partial charge on any atom is -0.508 e. The lowest BCUT2D eigenvalue weighted by Crippen LogP contribution is -2.32. The van der Waals surface area contributed by atoms with Gasteiger partial charge in [0.2, 0.25) is 0 Å². The van der Waals surface area contributed by atoms with Crippen LogP contribution in [0, 0.1) is 0 Å². The number of rotatable bonds is 7. The fourth-order valence-corrected chi connectivity index (χ4v) is 4.34. The Kier molecular flexibility index (Phi) is 6.01. The number of pyridine rings is 1. The van der Waals surface area contributed by atoms with E-state index >= 15 is 0 Å². The number of aromatic hydroxyl groups is 1. The van der Waals surface area contributed by atoms with E-state index in [2.05, 4.69) is 57.1 Å². The lowest BCUT2D eigenvalue weighted by Gasteiger charge is -2.29. The van der Waals surface area contributed by atoms with Gasteiger partial charge in [-0.3, -0.25) is 4.98 Å². The molecule has 0 aliphatic carbocycles. The van der Waals surface area contributed by atoms with Crippen molar-refractivity contribution in [1.82, 2.24) is 24.7 Å². The van der Waals surface area contributed by atoms with Crippen molar-refractivity contribution in [3.8, 4) is 11.4 Å². The summed E-state index contributed by atoms with van der Waals surface area (Å²) in [4.78, 5) is 9.09. The second-order valence-corrected chi connectivity index (χ2v) is 8.18. The van der Waals surface area contributed by atoms with Crippen molar-refractivity contribution < 1.29 is 5.11 Å². The van der Waals surface area contributed by atoms with Crippen LogP contribution in [0.5, 0.6) is 5.75 Å². The second kappa shape index (κ2) is 8.85. The number of phenolic OH excluding ortho intramolecular Hbond substituents is 1. The van der Waals surface area contributed by atoms with Crippen LogP contribution in [0.25, 0.3) is 5.69 Å². The van der Waals surface area contributed by atoms with Crippen molar-refractivity contribution in [1.29, 1.82) is 0 Å². The number of hydrogen-bond acceptors (Lipinski definition) is 4. The lowest BCUT2D eigenvalue weighted by molar-refractivity contribution is 0.286. The fourth-order valence-electron chi connectivity index (χ4n) is 4.01. The third-order valence-electron chi connectivity index (χ3n) is 5.41. The zero-order valence-electron chi connectivity index (χ0n) is 17.3. The highest BCUT2D eigenvalue weighted by atomic mass is 32.1. The molecule has 0 amide bonds. The summed E-state index contributed by atoms with van der Waals surface area (Å²) in [5.74, 6) is 0.257. The van der Waals surface area contributed by atoms with Crippen molar-refractivity contribution in [2.75, 3.05) is 27.2 Å². The smallest absolute Gasteiger partial charge is 0.170 e. The molecule has 1 saturated heterocycles. The van der Waals surface area contributed by atoms with E-state index in [0.717, 1.165) is 41.7 Å². The summed E-state index contributed by atoms with van der Waals surface area (Å²) in [5.41, 5.74) is 3.10. The second-order valence-electron chi connectivity index (χ2n) is 7.80. The first kappa shape index (κ1) is 20.4. The average Bonchev–Trinajstić information content (AvgIpc) is 3.34.